The molecule has 2 aliphatic carbocycles. The van der Waals surface area contributed by atoms with E-state index in [4.69, 9.17) is 34.8 Å². The van der Waals surface area contributed by atoms with Gasteiger partial charge in [-0.05, 0) is 60.4 Å². The predicted octanol–water partition coefficient (Wildman–Crippen LogP) is 8.68. The standard InChI is InChI=1S/C30H22Cl3F6N3O3/c31-18-6-5-15(40-28(45)24-23(29(24,32)33)14-4-7-19(34)17(11-14)30(37,38)39)12-16(18)27(44)41-21-9-8-20(35)26(25(21)36)42-22(43)10-3-13-1-2-13/h4-9,11-13,23-24H,1-3,10H2,(H,40,45)(H,41,44)(H,42,43)/t23-,24+/m0/s1. The zero-order valence-electron chi connectivity index (χ0n) is 22.8. The first-order valence-corrected chi connectivity index (χ1v) is 14.7. The maximum Gasteiger partial charge on any atom is 0.419 e. The number of rotatable bonds is 9. The van der Waals surface area contributed by atoms with Crippen LogP contribution >= 0.6 is 34.8 Å². The summed E-state index contributed by atoms with van der Waals surface area (Å²) in [6, 6.07) is 7.70. The van der Waals surface area contributed by atoms with Gasteiger partial charge in [0.2, 0.25) is 11.8 Å². The number of hydrogen-bond donors (Lipinski definition) is 3. The van der Waals surface area contributed by atoms with Crippen LogP contribution in [0.1, 0.15) is 53.1 Å². The monoisotopic (exact) mass is 691 g/mol. The van der Waals surface area contributed by atoms with Crippen molar-refractivity contribution in [3.63, 3.8) is 0 Å². The lowest BCUT2D eigenvalue weighted by atomic mass is 10.0. The average Bonchev–Trinajstić information content (AvgIpc) is 3.88. The summed E-state index contributed by atoms with van der Waals surface area (Å²) in [5.41, 5.74) is -3.07. The Labute approximate surface area is 267 Å². The van der Waals surface area contributed by atoms with Crippen LogP contribution in [-0.2, 0) is 15.8 Å². The van der Waals surface area contributed by atoms with Crippen LogP contribution in [0.4, 0.5) is 43.4 Å². The number of carbonyl (C=O) groups excluding carboxylic acids is 3. The number of alkyl halides is 5. The highest BCUT2D eigenvalue weighted by atomic mass is 35.5. The SMILES string of the molecule is O=C(CCC1CC1)Nc1c(F)ccc(NC(=O)c2cc(NC(=O)[C@H]3[C@H](c4ccc(F)c(C(F)(F)F)c4)C3(Cl)Cl)ccc2Cl)c1F. The Kier molecular flexibility index (Phi) is 9.05. The number of benzene rings is 3. The topological polar surface area (TPSA) is 87.3 Å². The molecule has 0 heterocycles. The van der Waals surface area contributed by atoms with Crippen molar-refractivity contribution in [1.29, 1.82) is 0 Å². The second-order valence-electron chi connectivity index (χ2n) is 10.8. The molecule has 0 spiro atoms. The lowest BCUT2D eigenvalue weighted by Gasteiger charge is -2.13. The highest BCUT2D eigenvalue weighted by Crippen LogP contribution is 2.65. The van der Waals surface area contributed by atoms with Crippen LogP contribution < -0.4 is 16.0 Å². The Morgan fingerprint density at radius 3 is 2.24 bits per heavy atom. The van der Waals surface area contributed by atoms with Crippen LogP contribution in [0.25, 0.3) is 0 Å². The molecular weight excluding hydrogens is 671 g/mol. The summed E-state index contributed by atoms with van der Waals surface area (Å²) in [5, 5.41) is 6.80. The highest BCUT2D eigenvalue weighted by Gasteiger charge is 2.67. The van der Waals surface area contributed by atoms with E-state index in [0.717, 1.165) is 37.1 Å². The summed E-state index contributed by atoms with van der Waals surface area (Å²) in [6.07, 6.45) is -2.29. The minimum Gasteiger partial charge on any atom is -0.326 e. The Morgan fingerprint density at radius 2 is 1.58 bits per heavy atom. The van der Waals surface area contributed by atoms with Gasteiger partial charge in [0.05, 0.1) is 27.8 Å². The molecule has 2 fully saturated rings. The van der Waals surface area contributed by atoms with Gasteiger partial charge in [-0.3, -0.25) is 14.4 Å². The lowest BCUT2D eigenvalue weighted by molar-refractivity contribution is -0.140. The van der Waals surface area contributed by atoms with Crippen molar-refractivity contribution in [3.8, 4) is 0 Å². The first kappa shape index (κ1) is 32.9. The van der Waals surface area contributed by atoms with Gasteiger partial charge in [-0.1, -0.05) is 30.5 Å². The van der Waals surface area contributed by atoms with Crippen molar-refractivity contribution < 1.29 is 40.7 Å². The molecule has 3 aromatic carbocycles. The largest absolute Gasteiger partial charge is 0.419 e. The molecule has 3 amide bonds. The first-order valence-electron chi connectivity index (χ1n) is 13.5. The number of anilines is 3. The normalized spacial score (nSPS) is 18.7. The Bertz CT molecular complexity index is 1700. The highest BCUT2D eigenvalue weighted by molar-refractivity contribution is 6.53. The zero-order valence-corrected chi connectivity index (χ0v) is 25.1. The van der Waals surface area contributed by atoms with E-state index in [2.05, 4.69) is 16.0 Å². The minimum atomic E-state index is -4.99. The third kappa shape index (κ3) is 7.18. The van der Waals surface area contributed by atoms with E-state index < -0.39 is 74.5 Å². The maximum atomic E-state index is 15.1. The summed E-state index contributed by atoms with van der Waals surface area (Å²) in [6.45, 7) is 0. The second-order valence-corrected chi connectivity index (χ2v) is 12.7. The van der Waals surface area contributed by atoms with E-state index in [0.29, 0.717) is 24.5 Å². The van der Waals surface area contributed by atoms with Gasteiger partial charge in [-0.15, -0.1) is 23.2 Å². The lowest BCUT2D eigenvalue weighted by Crippen LogP contribution is -2.19. The summed E-state index contributed by atoms with van der Waals surface area (Å²) in [5.74, 6) is -8.04. The molecular formula is C30H22Cl3F6N3O3. The van der Waals surface area contributed by atoms with Gasteiger partial charge in [0.1, 0.15) is 21.7 Å². The molecule has 3 N–H and O–H groups in total. The molecule has 0 saturated heterocycles. The smallest absolute Gasteiger partial charge is 0.326 e. The van der Waals surface area contributed by atoms with Crippen LogP contribution in [0.3, 0.4) is 0 Å². The van der Waals surface area contributed by atoms with Crippen LogP contribution in [0.2, 0.25) is 5.02 Å². The van der Waals surface area contributed by atoms with Gasteiger partial charge in [0, 0.05) is 18.0 Å². The molecule has 5 rings (SSSR count). The summed E-state index contributed by atoms with van der Waals surface area (Å²) in [4.78, 5) is 38.2. The number of halogens is 9. The molecule has 0 aliphatic heterocycles. The van der Waals surface area contributed by atoms with Gasteiger partial charge in [0.15, 0.2) is 5.82 Å². The molecule has 0 bridgehead atoms. The molecule has 2 saturated carbocycles. The van der Waals surface area contributed by atoms with E-state index in [1.165, 1.54) is 12.1 Å². The summed E-state index contributed by atoms with van der Waals surface area (Å²) < 4.78 is 81.0. The van der Waals surface area contributed by atoms with Crippen molar-refractivity contribution in [1.82, 2.24) is 0 Å². The van der Waals surface area contributed by atoms with Gasteiger partial charge in [-0.2, -0.15) is 13.2 Å². The summed E-state index contributed by atoms with van der Waals surface area (Å²) in [7, 11) is 0. The quantitative estimate of drug-likeness (QED) is 0.155. The van der Waals surface area contributed by atoms with E-state index in [1.807, 2.05) is 0 Å². The first-order chi connectivity index (χ1) is 21.1. The van der Waals surface area contributed by atoms with Crippen molar-refractivity contribution in [2.24, 2.45) is 11.8 Å². The Balaban J connectivity index is 1.29. The van der Waals surface area contributed by atoms with Crippen molar-refractivity contribution in [2.45, 2.75) is 42.1 Å². The fourth-order valence-electron chi connectivity index (χ4n) is 4.92. The Hall–Kier alpha value is -3.48. The van der Waals surface area contributed by atoms with Gasteiger partial charge >= 0.3 is 6.18 Å². The molecule has 6 nitrogen and oxygen atoms in total. The van der Waals surface area contributed by atoms with Crippen molar-refractivity contribution >= 4 is 69.6 Å². The number of amides is 3. The van der Waals surface area contributed by atoms with Gasteiger partial charge in [0.25, 0.3) is 5.91 Å². The van der Waals surface area contributed by atoms with E-state index >= 15 is 4.39 Å². The van der Waals surface area contributed by atoms with Crippen LogP contribution in [0.15, 0.2) is 48.5 Å². The average molecular weight is 693 g/mol. The molecule has 0 aromatic heterocycles. The number of nitrogens with one attached hydrogen (secondary N) is 3. The van der Waals surface area contributed by atoms with Crippen molar-refractivity contribution in [3.05, 3.63) is 87.7 Å². The molecule has 238 valence electrons. The van der Waals surface area contributed by atoms with Crippen molar-refractivity contribution in [2.75, 3.05) is 16.0 Å². The van der Waals surface area contributed by atoms with E-state index in [9.17, 15) is 36.3 Å². The van der Waals surface area contributed by atoms with Crippen LogP contribution in [-0.4, -0.2) is 22.1 Å². The molecule has 15 heteroatoms. The second kappa shape index (κ2) is 12.4. The zero-order chi connectivity index (χ0) is 32.8. The molecule has 3 aromatic rings. The fourth-order valence-corrected chi connectivity index (χ4v) is 5.95. The summed E-state index contributed by atoms with van der Waals surface area (Å²) >= 11 is 18.6. The van der Waals surface area contributed by atoms with Gasteiger partial charge in [-0.25, -0.2) is 13.2 Å². The molecule has 45 heavy (non-hydrogen) atoms. The fraction of sp³-hybridized carbons (Fsp3) is 0.300. The predicted molar refractivity (Wildman–Crippen MR) is 157 cm³/mol. The van der Waals surface area contributed by atoms with E-state index in [1.54, 1.807) is 0 Å². The number of carbonyl (C=O) groups is 3. The maximum absolute atomic E-state index is 15.1. The molecule has 2 aliphatic rings. The van der Waals surface area contributed by atoms with Gasteiger partial charge < -0.3 is 16.0 Å². The molecule has 2 atom stereocenters. The Morgan fingerprint density at radius 1 is 0.889 bits per heavy atom. The number of hydrogen-bond acceptors (Lipinski definition) is 3. The van der Waals surface area contributed by atoms with E-state index in [-0.39, 0.29) is 28.3 Å². The third-order valence-electron chi connectivity index (χ3n) is 7.55. The molecule has 0 unspecified atom stereocenters. The third-order valence-corrected chi connectivity index (χ3v) is 8.82. The van der Waals surface area contributed by atoms with Crippen LogP contribution in [0.5, 0.6) is 0 Å². The minimum absolute atomic E-state index is 0.00242. The van der Waals surface area contributed by atoms with Crippen LogP contribution in [0, 0.1) is 29.3 Å². The molecule has 0 radical (unpaired) electrons.